The lowest BCUT2D eigenvalue weighted by atomic mass is 9.79. The zero-order valence-electron chi connectivity index (χ0n) is 14.3. The van der Waals surface area contributed by atoms with Crippen molar-refractivity contribution in [1.82, 2.24) is 5.32 Å². The summed E-state index contributed by atoms with van der Waals surface area (Å²) in [7, 11) is -0.420. The second-order valence-corrected chi connectivity index (χ2v) is 7.49. The molecule has 6 heteroatoms. The highest BCUT2D eigenvalue weighted by atomic mass is 16.7. The lowest BCUT2D eigenvalue weighted by Gasteiger charge is -2.32. The fourth-order valence-electron chi connectivity index (χ4n) is 2.48. The highest BCUT2D eigenvalue weighted by Crippen LogP contribution is 2.36. The fourth-order valence-corrected chi connectivity index (χ4v) is 2.48. The minimum atomic E-state index is -0.420. The smallest absolute Gasteiger partial charge is 0.399 e. The molecule has 2 fully saturated rings. The molecule has 1 aliphatic carbocycles. The second kappa shape index (κ2) is 5.84. The molecule has 124 valence electrons. The molecule has 3 rings (SSSR count). The van der Waals surface area contributed by atoms with Gasteiger partial charge in [0, 0.05) is 12.2 Å². The second-order valence-electron chi connectivity index (χ2n) is 7.49. The van der Waals surface area contributed by atoms with Crippen molar-refractivity contribution in [3.63, 3.8) is 0 Å². The summed E-state index contributed by atoms with van der Waals surface area (Å²) in [5.74, 6) is 0.664. The van der Waals surface area contributed by atoms with Crippen molar-refractivity contribution in [3.05, 3.63) is 24.3 Å². The van der Waals surface area contributed by atoms with Crippen LogP contribution in [0.15, 0.2) is 24.3 Å². The average molecular weight is 316 g/mol. The zero-order valence-corrected chi connectivity index (χ0v) is 14.3. The van der Waals surface area contributed by atoms with E-state index in [1.54, 1.807) is 0 Å². The Morgan fingerprint density at radius 1 is 1.22 bits per heavy atom. The molecule has 2 aliphatic rings. The molecular formula is C17H25BN2O3. The molecule has 0 radical (unpaired) electrons. The van der Waals surface area contributed by atoms with Crippen molar-refractivity contribution in [1.29, 1.82) is 0 Å². The number of carbonyl (C=O) groups is 1. The van der Waals surface area contributed by atoms with Crippen LogP contribution < -0.4 is 16.1 Å². The van der Waals surface area contributed by atoms with E-state index in [2.05, 4.69) is 10.6 Å². The van der Waals surface area contributed by atoms with Crippen molar-refractivity contribution < 1.29 is 14.1 Å². The van der Waals surface area contributed by atoms with E-state index in [0.29, 0.717) is 5.92 Å². The van der Waals surface area contributed by atoms with Crippen LogP contribution in [0.3, 0.4) is 0 Å². The summed E-state index contributed by atoms with van der Waals surface area (Å²) in [5, 5.41) is 5.76. The van der Waals surface area contributed by atoms with Gasteiger partial charge < -0.3 is 19.9 Å². The standard InChI is InChI=1S/C17H25BN2O3/c1-16(2)17(3,4)23-18(22-16)13-6-5-7-14(10-13)20-15(21)19-11-12-8-9-12/h5-7,10,12H,8-9,11H2,1-4H3,(H2,19,20,21). The Kier molecular flexibility index (Phi) is 4.15. The maximum Gasteiger partial charge on any atom is 0.494 e. The number of rotatable bonds is 4. The van der Waals surface area contributed by atoms with Gasteiger partial charge in [0.25, 0.3) is 0 Å². The highest BCUT2D eigenvalue weighted by Gasteiger charge is 2.51. The van der Waals surface area contributed by atoms with Crippen LogP contribution in [-0.4, -0.2) is 30.9 Å². The maximum atomic E-state index is 11.9. The molecule has 0 unspecified atom stereocenters. The number of hydrogen-bond acceptors (Lipinski definition) is 3. The lowest BCUT2D eigenvalue weighted by Crippen LogP contribution is -2.41. The summed E-state index contributed by atoms with van der Waals surface area (Å²) in [6.07, 6.45) is 2.44. The molecule has 2 N–H and O–H groups in total. The number of benzene rings is 1. The first-order chi connectivity index (χ1) is 10.8. The van der Waals surface area contributed by atoms with E-state index >= 15 is 0 Å². The van der Waals surface area contributed by atoms with E-state index in [0.717, 1.165) is 17.7 Å². The molecule has 1 heterocycles. The highest BCUT2D eigenvalue weighted by molar-refractivity contribution is 6.62. The summed E-state index contributed by atoms with van der Waals surface area (Å²) in [6, 6.07) is 7.46. The van der Waals surface area contributed by atoms with Gasteiger partial charge in [0.2, 0.25) is 0 Å². The minimum absolute atomic E-state index is 0.164. The van der Waals surface area contributed by atoms with Crippen LogP contribution in [-0.2, 0) is 9.31 Å². The predicted molar refractivity (Wildman–Crippen MR) is 91.9 cm³/mol. The third-order valence-corrected chi connectivity index (χ3v) is 4.92. The minimum Gasteiger partial charge on any atom is -0.399 e. The van der Waals surface area contributed by atoms with Gasteiger partial charge in [-0.05, 0) is 64.1 Å². The topological polar surface area (TPSA) is 59.6 Å². The van der Waals surface area contributed by atoms with Gasteiger partial charge in [-0.15, -0.1) is 0 Å². The van der Waals surface area contributed by atoms with Gasteiger partial charge in [-0.1, -0.05) is 12.1 Å². The zero-order chi connectivity index (χ0) is 16.7. The normalized spacial score (nSPS) is 22.0. The number of urea groups is 1. The number of nitrogens with one attached hydrogen (secondary N) is 2. The Morgan fingerprint density at radius 2 is 1.87 bits per heavy atom. The summed E-state index contributed by atoms with van der Waals surface area (Å²) in [5.41, 5.74) is 0.903. The summed E-state index contributed by atoms with van der Waals surface area (Å²) >= 11 is 0. The van der Waals surface area contributed by atoms with E-state index in [-0.39, 0.29) is 17.2 Å². The molecule has 2 amide bonds. The van der Waals surface area contributed by atoms with Crippen LogP contribution in [0, 0.1) is 5.92 Å². The SMILES string of the molecule is CC1(C)OB(c2cccc(NC(=O)NCC3CC3)c2)OC1(C)C. The molecule has 0 atom stereocenters. The maximum absolute atomic E-state index is 11.9. The monoisotopic (exact) mass is 316 g/mol. The van der Waals surface area contributed by atoms with Crippen LogP contribution in [0.1, 0.15) is 40.5 Å². The third kappa shape index (κ3) is 3.70. The third-order valence-electron chi connectivity index (χ3n) is 4.92. The van der Waals surface area contributed by atoms with E-state index < -0.39 is 7.12 Å². The van der Waals surface area contributed by atoms with Gasteiger partial charge in [0.15, 0.2) is 0 Å². The fraction of sp³-hybridized carbons (Fsp3) is 0.588. The van der Waals surface area contributed by atoms with Gasteiger partial charge in [-0.25, -0.2) is 4.79 Å². The summed E-state index contributed by atoms with van der Waals surface area (Å²) in [4.78, 5) is 11.9. The number of anilines is 1. The molecule has 23 heavy (non-hydrogen) atoms. The van der Waals surface area contributed by atoms with Gasteiger partial charge in [0.05, 0.1) is 11.2 Å². The quantitative estimate of drug-likeness (QED) is 0.839. The van der Waals surface area contributed by atoms with Gasteiger partial charge in [-0.3, -0.25) is 0 Å². The summed E-state index contributed by atoms with van der Waals surface area (Å²) in [6.45, 7) is 8.87. The molecule has 0 bridgehead atoms. The average Bonchev–Trinajstić information content (AvgIpc) is 3.25. The first kappa shape index (κ1) is 16.3. The molecule has 1 aromatic carbocycles. The Hall–Kier alpha value is -1.53. The lowest BCUT2D eigenvalue weighted by molar-refractivity contribution is 0.00578. The molecule has 1 aliphatic heterocycles. The molecule has 5 nitrogen and oxygen atoms in total. The largest absolute Gasteiger partial charge is 0.494 e. The Bertz CT molecular complexity index is 583. The van der Waals surface area contributed by atoms with Crippen molar-refractivity contribution >= 4 is 24.3 Å². The van der Waals surface area contributed by atoms with Crippen molar-refractivity contribution in [2.24, 2.45) is 5.92 Å². The van der Waals surface area contributed by atoms with E-state index in [4.69, 9.17) is 9.31 Å². The number of hydrogen-bond donors (Lipinski definition) is 2. The van der Waals surface area contributed by atoms with Crippen LogP contribution in [0.2, 0.25) is 0 Å². The van der Waals surface area contributed by atoms with Crippen molar-refractivity contribution in [2.45, 2.75) is 51.7 Å². The van der Waals surface area contributed by atoms with Gasteiger partial charge >= 0.3 is 13.1 Å². The molecule has 1 aromatic rings. The van der Waals surface area contributed by atoms with Crippen molar-refractivity contribution in [3.8, 4) is 0 Å². The Labute approximate surface area is 138 Å². The van der Waals surface area contributed by atoms with Gasteiger partial charge in [0.1, 0.15) is 0 Å². The Morgan fingerprint density at radius 3 is 2.48 bits per heavy atom. The van der Waals surface area contributed by atoms with Crippen LogP contribution in [0.25, 0.3) is 0 Å². The molecule has 0 spiro atoms. The first-order valence-corrected chi connectivity index (χ1v) is 8.27. The van der Waals surface area contributed by atoms with E-state index in [1.807, 2.05) is 52.0 Å². The van der Waals surface area contributed by atoms with Crippen LogP contribution in [0.4, 0.5) is 10.5 Å². The van der Waals surface area contributed by atoms with Crippen LogP contribution in [0.5, 0.6) is 0 Å². The molecule has 1 saturated heterocycles. The molecule has 1 saturated carbocycles. The predicted octanol–water partition coefficient (Wildman–Crippen LogP) is 2.52. The Balaban J connectivity index is 1.64. The van der Waals surface area contributed by atoms with E-state index in [1.165, 1.54) is 12.8 Å². The van der Waals surface area contributed by atoms with Crippen molar-refractivity contribution in [2.75, 3.05) is 11.9 Å². The molecular weight excluding hydrogens is 291 g/mol. The van der Waals surface area contributed by atoms with Gasteiger partial charge in [-0.2, -0.15) is 0 Å². The number of carbonyl (C=O) groups excluding carboxylic acids is 1. The number of amides is 2. The summed E-state index contributed by atoms with van der Waals surface area (Å²) < 4.78 is 12.1. The van der Waals surface area contributed by atoms with E-state index in [9.17, 15) is 4.79 Å². The molecule has 0 aromatic heterocycles. The first-order valence-electron chi connectivity index (χ1n) is 8.27. The van der Waals surface area contributed by atoms with Crippen LogP contribution >= 0.6 is 0 Å².